The fourth-order valence-electron chi connectivity index (χ4n) is 5.04. The molecule has 0 fully saturated rings. The summed E-state index contributed by atoms with van der Waals surface area (Å²) in [5, 5.41) is 3.33. The lowest BCUT2D eigenvalue weighted by atomic mass is 9.85. The lowest BCUT2D eigenvalue weighted by molar-refractivity contribution is -0.143. The third-order valence-electron chi connectivity index (χ3n) is 7.32. The molecule has 2 unspecified atom stereocenters. The van der Waals surface area contributed by atoms with Crippen molar-refractivity contribution < 1.29 is 28.6 Å². The van der Waals surface area contributed by atoms with Crippen LogP contribution in [0, 0.1) is 0 Å². The van der Waals surface area contributed by atoms with E-state index in [9.17, 15) is 14.4 Å². The number of amides is 1. The number of nitrogens with zero attached hydrogens (tertiary/aromatic N) is 1. The van der Waals surface area contributed by atoms with Crippen LogP contribution in [0.15, 0.2) is 75.7 Å². The van der Waals surface area contributed by atoms with Gasteiger partial charge in [-0.25, -0.2) is 4.79 Å². The lowest BCUT2D eigenvalue weighted by Crippen LogP contribution is -2.38. The van der Waals surface area contributed by atoms with Crippen LogP contribution in [-0.2, 0) is 41.2 Å². The van der Waals surface area contributed by atoms with E-state index in [1.165, 1.54) is 19.4 Å². The van der Waals surface area contributed by atoms with E-state index in [1.54, 1.807) is 4.90 Å². The van der Waals surface area contributed by atoms with Gasteiger partial charge >= 0.3 is 18.0 Å². The summed E-state index contributed by atoms with van der Waals surface area (Å²) in [6, 6.07) is 21.4. The number of ether oxygens (including phenoxy) is 3. The summed E-state index contributed by atoms with van der Waals surface area (Å²) in [5.41, 5.74) is 4.35. The van der Waals surface area contributed by atoms with Gasteiger partial charge in [0.2, 0.25) is 0 Å². The van der Waals surface area contributed by atoms with E-state index in [1.807, 2.05) is 67.6 Å². The first-order valence-electron chi connectivity index (χ1n) is 13.5. The summed E-state index contributed by atoms with van der Waals surface area (Å²) in [4.78, 5) is 36.4. The highest BCUT2D eigenvalue weighted by Crippen LogP contribution is 2.43. The van der Waals surface area contributed by atoms with Crippen molar-refractivity contribution in [2.45, 2.75) is 45.1 Å². The average Bonchev–Trinajstić information content (AvgIpc) is 3.44. The predicted molar refractivity (Wildman–Crippen MR) is 176 cm³/mol. The Labute approximate surface area is 275 Å². The van der Waals surface area contributed by atoms with Gasteiger partial charge < -0.3 is 19.5 Å². The van der Waals surface area contributed by atoms with Crippen LogP contribution in [0.1, 0.15) is 44.4 Å². The van der Waals surface area contributed by atoms with Gasteiger partial charge in [0.05, 0.1) is 5.69 Å². The molecule has 8 nitrogen and oxygen atoms in total. The Kier molecular flexibility index (Phi) is 11.7. The molecular weight excluding hydrogens is 704 g/mol. The molecule has 2 aliphatic rings. The van der Waals surface area contributed by atoms with Crippen LogP contribution in [0.3, 0.4) is 0 Å². The van der Waals surface area contributed by atoms with Crippen LogP contribution in [0.4, 0.5) is 16.2 Å². The van der Waals surface area contributed by atoms with Gasteiger partial charge in [0.15, 0.2) is 0 Å². The molecule has 5 rings (SSSR count). The number of halogens is 3. The molecular formula is C32H35Br2ClN2O6. The molecule has 11 heteroatoms. The maximum absolute atomic E-state index is 12.7. The average molecular weight is 739 g/mol. The van der Waals surface area contributed by atoms with E-state index >= 15 is 0 Å². The van der Waals surface area contributed by atoms with Crippen LogP contribution >= 0.6 is 44.3 Å². The Morgan fingerprint density at radius 2 is 1.40 bits per heavy atom. The van der Waals surface area contributed by atoms with E-state index in [2.05, 4.69) is 50.2 Å². The van der Waals surface area contributed by atoms with E-state index in [0.29, 0.717) is 13.2 Å². The quantitative estimate of drug-likeness (QED) is 0.206. The number of esters is 2. The number of fused-ring (bicyclic) bond motifs is 2. The third-order valence-corrected chi connectivity index (χ3v) is 8.31. The summed E-state index contributed by atoms with van der Waals surface area (Å²) in [7, 11) is 0. The Morgan fingerprint density at radius 3 is 2.02 bits per heavy atom. The number of anilines is 2. The standard InChI is InChI=1S/C20H20BrNO4.C12H14BrNO2.ClH/c1-14(23)26-13-20(2)12-22(18-9-8-16(21)10-17(18)20)19(24)25-11-15-6-4-3-5-7-15;1-8(15)16-7-12(2)6-14-11-4-3-9(13)5-10(11)12;/h3-10H,11-13H2,1-2H3;3-5,14H,6-7H2,1-2H3;1H. The number of carbonyl (C=O) groups excluding carboxylic acids is 3. The Bertz CT molecular complexity index is 1470. The molecule has 0 saturated heterocycles. The number of carbonyl (C=O) groups is 3. The number of benzene rings is 3. The van der Waals surface area contributed by atoms with Crippen LogP contribution in [0.25, 0.3) is 0 Å². The Morgan fingerprint density at radius 1 is 0.814 bits per heavy atom. The van der Waals surface area contributed by atoms with Gasteiger partial charge in [0, 0.05) is 52.4 Å². The number of nitrogens with one attached hydrogen (secondary N) is 1. The first-order valence-corrected chi connectivity index (χ1v) is 15.1. The van der Waals surface area contributed by atoms with Gasteiger partial charge in [-0.1, -0.05) is 76.0 Å². The van der Waals surface area contributed by atoms with Gasteiger partial charge in [-0.2, -0.15) is 0 Å². The third kappa shape index (κ3) is 8.52. The van der Waals surface area contributed by atoms with Crippen LogP contribution in [0.5, 0.6) is 0 Å². The van der Waals surface area contributed by atoms with Crippen molar-refractivity contribution in [1.29, 1.82) is 0 Å². The van der Waals surface area contributed by atoms with Crippen molar-refractivity contribution in [3.63, 3.8) is 0 Å². The normalized spacial score (nSPS) is 19.4. The number of rotatable bonds is 6. The minimum atomic E-state index is -0.490. The minimum Gasteiger partial charge on any atom is -0.465 e. The van der Waals surface area contributed by atoms with Crippen molar-refractivity contribution >= 4 is 73.7 Å². The smallest absolute Gasteiger partial charge is 0.414 e. The highest BCUT2D eigenvalue weighted by Gasteiger charge is 2.43. The monoisotopic (exact) mass is 736 g/mol. The molecule has 2 heterocycles. The summed E-state index contributed by atoms with van der Waals surface area (Å²) >= 11 is 6.93. The highest BCUT2D eigenvalue weighted by atomic mass is 79.9. The van der Waals surface area contributed by atoms with E-state index in [4.69, 9.17) is 14.2 Å². The van der Waals surface area contributed by atoms with Gasteiger partial charge in [-0.3, -0.25) is 14.5 Å². The van der Waals surface area contributed by atoms with Crippen molar-refractivity contribution in [1.82, 2.24) is 0 Å². The van der Waals surface area contributed by atoms with E-state index < -0.39 is 11.5 Å². The molecule has 0 radical (unpaired) electrons. The molecule has 0 aromatic heterocycles. The number of hydrogen-bond acceptors (Lipinski definition) is 7. The molecule has 2 aliphatic heterocycles. The SMILES string of the molecule is CC(=O)OCC1(C)CN(C(=O)OCc2ccccc2)c2ccc(Br)cc21.CC(=O)OCC1(C)CNc2ccc(Br)cc21.Cl. The zero-order valence-corrected chi connectivity index (χ0v) is 28.4. The van der Waals surface area contributed by atoms with Crippen LogP contribution in [0.2, 0.25) is 0 Å². The van der Waals surface area contributed by atoms with Crippen LogP contribution in [-0.4, -0.2) is 44.3 Å². The topological polar surface area (TPSA) is 94.2 Å². The number of hydrogen-bond donors (Lipinski definition) is 1. The summed E-state index contributed by atoms with van der Waals surface area (Å²) in [6.45, 7) is 8.91. The van der Waals surface area contributed by atoms with Crippen molar-refractivity contribution in [3.8, 4) is 0 Å². The second kappa shape index (κ2) is 14.6. The summed E-state index contributed by atoms with van der Waals surface area (Å²) in [6.07, 6.45) is -0.413. The molecule has 0 spiro atoms. The zero-order valence-electron chi connectivity index (χ0n) is 24.4. The van der Waals surface area contributed by atoms with Crippen molar-refractivity contribution in [2.24, 2.45) is 0 Å². The molecule has 0 aliphatic carbocycles. The Balaban J connectivity index is 0.000000256. The molecule has 3 aromatic carbocycles. The fraction of sp³-hybridized carbons (Fsp3) is 0.344. The molecule has 0 bridgehead atoms. The predicted octanol–water partition coefficient (Wildman–Crippen LogP) is 7.54. The molecule has 3 aromatic rings. The van der Waals surface area contributed by atoms with Crippen LogP contribution < -0.4 is 10.2 Å². The highest BCUT2D eigenvalue weighted by molar-refractivity contribution is 9.10. The molecule has 0 saturated carbocycles. The summed E-state index contributed by atoms with van der Waals surface area (Å²) < 4.78 is 17.8. The molecule has 1 N–H and O–H groups in total. The maximum atomic E-state index is 12.7. The zero-order chi connectivity index (χ0) is 30.5. The largest absolute Gasteiger partial charge is 0.465 e. The van der Waals surface area contributed by atoms with E-state index in [-0.39, 0.29) is 43.0 Å². The van der Waals surface area contributed by atoms with Crippen molar-refractivity contribution in [2.75, 3.05) is 36.5 Å². The van der Waals surface area contributed by atoms with Gasteiger partial charge in [0.25, 0.3) is 0 Å². The fourth-order valence-corrected chi connectivity index (χ4v) is 5.76. The lowest BCUT2D eigenvalue weighted by Gasteiger charge is -2.24. The summed E-state index contributed by atoms with van der Waals surface area (Å²) in [5.74, 6) is -0.572. The second-order valence-electron chi connectivity index (χ2n) is 11.0. The second-order valence-corrected chi connectivity index (χ2v) is 12.8. The maximum Gasteiger partial charge on any atom is 0.414 e. The van der Waals surface area contributed by atoms with Crippen molar-refractivity contribution in [3.05, 3.63) is 92.4 Å². The molecule has 43 heavy (non-hydrogen) atoms. The molecule has 2 atom stereocenters. The van der Waals surface area contributed by atoms with Gasteiger partial charge in [-0.05, 0) is 53.1 Å². The Hall–Kier alpha value is -3.08. The van der Waals surface area contributed by atoms with E-state index in [0.717, 1.165) is 38.0 Å². The first-order chi connectivity index (χ1) is 19.9. The molecule has 1 amide bonds. The van der Waals surface area contributed by atoms with Gasteiger partial charge in [0.1, 0.15) is 19.8 Å². The first kappa shape index (κ1) is 34.4. The van der Waals surface area contributed by atoms with Gasteiger partial charge in [-0.15, -0.1) is 12.4 Å². The molecule has 230 valence electrons. The minimum absolute atomic E-state index is 0.